The third kappa shape index (κ3) is 3.35. The fourth-order valence-corrected chi connectivity index (χ4v) is 1.67. The third-order valence-corrected chi connectivity index (χ3v) is 2.36. The van der Waals surface area contributed by atoms with Gasteiger partial charge in [0.15, 0.2) is 0 Å². The number of aromatic carboxylic acids is 2. The molecule has 6 heteroatoms. The average Bonchev–Trinajstić information content (AvgIpc) is 2.27. The number of hydrogen-bond acceptors (Lipinski definition) is 4. The zero-order valence-corrected chi connectivity index (χ0v) is 14.1. The van der Waals surface area contributed by atoms with Gasteiger partial charge in [0.1, 0.15) is 0 Å². The van der Waals surface area contributed by atoms with Crippen LogP contribution in [0.5, 0.6) is 0 Å². The summed E-state index contributed by atoms with van der Waals surface area (Å²) >= 11 is 0. The van der Waals surface area contributed by atoms with E-state index in [-0.39, 0.29) is 70.2 Å². The summed E-state index contributed by atoms with van der Waals surface area (Å²) in [6, 6.07) is 8.76. The van der Waals surface area contributed by atoms with Crippen LogP contribution in [0.1, 0.15) is 20.7 Å². The first kappa shape index (κ1) is 17.6. The molecule has 0 N–H and O–H groups in total. The summed E-state index contributed by atoms with van der Waals surface area (Å²) in [5.74, 6) is -2.66. The summed E-state index contributed by atoms with van der Waals surface area (Å²) in [5, 5.41) is 22.3. The van der Waals surface area contributed by atoms with E-state index in [9.17, 15) is 19.8 Å². The minimum atomic E-state index is -1.33. The maximum Gasteiger partial charge on any atom is 1.00 e. The van der Waals surface area contributed by atoms with Crippen LogP contribution in [0.25, 0.3) is 10.8 Å². The van der Waals surface area contributed by atoms with Crippen molar-refractivity contribution < 1.29 is 78.9 Å². The van der Waals surface area contributed by atoms with E-state index in [0.29, 0.717) is 10.8 Å². The van der Waals surface area contributed by atoms with E-state index in [1.807, 2.05) is 0 Å². The van der Waals surface area contributed by atoms with Crippen molar-refractivity contribution in [3.63, 3.8) is 0 Å². The van der Waals surface area contributed by atoms with E-state index in [2.05, 4.69) is 0 Å². The van der Waals surface area contributed by atoms with Gasteiger partial charge in [-0.25, -0.2) is 0 Å². The Labute approximate surface area is 148 Å². The van der Waals surface area contributed by atoms with Gasteiger partial charge < -0.3 is 19.8 Å². The molecule has 0 fully saturated rings. The Morgan fingerprint density at radius 1 is 0.722 bits per heavy atom. The Kier molecular flexibility index (Phi) is 7.14. The van der Waals surface area contributed by atoms with Crippen LogP contribution in [-0.4, -0.2) is 11.9 Å². The van der Waals surface area contributed by atoms with Gasteiger partial charge in [-0.2, -0.15) is 0 Å². The zero-order chi connectivity index (χ0) is 11.7. The number of carboxylic acid groups (broad SMARTS) is 2. The maximum absolute atomic E-state index is 10.8. The largest absolute Gasteiger partial charge is 1.00 e. The Bertz CT molecular complexity index is 542. The van der Waals surface area contributed by atoms with Gasteiger partial charge in [0.2, 0.25) is 0 Å². The number of benzene rings is 2. The quantitative estimate of drug-likeness (QED) is 0.503. The van der Waals surface area contributed by atoms with E-state index in [1.54, 1.807) is 0 Å². The molecule has 0 saturated heterocycles. The molecular formula is C12H6Na2O4. The molecule has 0 bridgehead atoms. The van der Waals surface area contributed by atoms with Gasteiger partial charge in [0.25, 0.3) is 0 Å². The summed E-state index contributed by atoms with van der Waals surface area (Å²) in [7, 11) is 0. The molecule has 2 aromatic carbocycles. The van der Waals surface area contributed by atoms with Crippen molar-refractivity contribution >= 4 is 22.7 Å². The summed E-state index contributed by atoms with van der Waals surface area (Å²) in [6.07, 6.45) is 0. The summed E-state index contributed by atoms with van der Waals surface area (Å²) in [4.78, 5) is 21.6. The smallest absolute Gasteiger partial charge is 0.545 e. The molecule has 0 aliphatic heterocycles. The molecule has 0 amide bonds. The molecule has 0 atom stereocenters. The van der Waals surface area contributed by atoms with Crippen LogP contribution in [0.2, 0.25) is 0 Å². The molecule has 2 rings (SSSR count). The molecule has 80 valence electrons. The summed E-state index contributed by atoms with van der Waals surface area (Å²) < 4.78 is 0. The van der Waals surface area contributed by atoms with E-state index in [1.165, 1.54) is 36.4 Å². The second-order valence-electron chi connectivity index (χ2n) is 3.28. The standard InChI is InChI=1S/C12H8O4.2Na/c13-11(14)9-5-1-3-7-8(9)4-2-6-10(7)12(15)16;;/h1-6H,(H,13,14)(H,15,16);;/q;2*+1/p-2. The van der Waals surface area contributed by atoms with Gasteiger partial charge in [-0.1, -0.05) is 36.4 Å². The van der Waals surface area contributed by atoms with Crippen LogP contribution in [0.4, 0.5) is 0 Å². The molecule has 2 aromatic rings. The first-order valence-electron chi connectivity index (χ1n) is 4.55. The first-order chi connectivity index (χ1) is 7.61. The normalized spacial score (nSPS) is 9.11. The molecule has 0 aliphatic rings. The fraction of sp³-hybridized carbons (Fsp3) is 0. The molecule has 0 saturated carbocycles. The molecule has 0 aliphatic carbocycles. The number of fused-ring (bicyclic) bond motifs is 1. The van der Waals surface area contributed by atoms with E-state index in [0.717, 1.165) is 0 Å². The molecular weight excluding hydrogens is 254 g/mol. The topological polar surface area (TPSA) is 80.3 Å². The predicted molar refractivity (Wildman–Crippen MR) is 52.6 cm³/mol. The molecule has 18 heavy (non-hydrogen) atoms. The van der Waals surface area contributed by atoms with E-state index in [4.69, 9.17) is 0 Å². The number of hydrogen-bond donors (Lipinski definition) is 0. The van der Waals surface area contributed by atoms with Gasteiger partial charge in [-0.15, -0.1) is 0 Å². The molecule has 0 heterocycles. The molecule has 0 radical (unpaired) electrons. The van der Waals surface area contributed by atoms with Gasteiger partial charge in [0, 0.05) is 11.1 Å². The first-order valence-corrected chi connectivity index (χ1v) is 4.55. The van der Waals surface area contributed by atoms with Crippen molar-refractivity contribution in [2.45, 2.75) is 0 Å². The third-order valence-electron chi connectivity index (χ3n) is 2.36. The Morgan fingerprint density at radius 3 is 1.33 bits per heavy atom. The van der Waals surface area contributed by atoms with Crippen molar-refractivity contribution in [3.8, 4) is 0 Å². The Hall–Kier alpha value is -0.360. The van der Waals surface area contributed by atoms with Crippen molar-refractivity contribution in [2.24, 2.45) is 0 Å². The average molecular weight is 260 g/mol. The Morgan fingerprint density at radius 2 is 1.06 bits per heavy atom. The van der Waals surface area contributed by atoms with Crippen molar-refractivity contribution in [1.29, 1.82) is 0 Å². The molecule has 0 aromatic heterocycles. The van der Waals surface area contributed by atoms with Crippen LogP contribution in [0, 0.1) is 0 Å². The second kappa shape index (κ2) is 7.28. The minimum absolute atomic E-state index is 0. The van der Waals surface area contributed by atoms with E-state index >= 15 is 0 Å². The maximum atomic E-state index is 10.8. The number of rotatable bonds is 2. The van der Waals surface area contributed by atoms with Crippen LogP contribution in [0.15, 0.2) is 36.4 Å². The van der Waals surface area contributed by atoms with Crippen molar-refractivity contribution in [3.05, 3.63) is 47.5 Å². The van der Waals surface area contributed by atoms with E-state index < -0.39 is 11.9 Å². The summed E-state index contributed by atoms with van der Waals surface area (Å²) in [6.45, 7) is 0. The molecule has 0 spiro atoms. The second-order valence-corrected chi connectivity index (χ2v) is 3.28. The van der Waals surface area contributed by atoms with Crippen LogP contribution in [0.3, 0.4) is 0 Å². The van der Waals surface area contributed by atoms with Gasteiger partial charge >= 0.3 is 59.1 Å². The minimum Gasteiger partial charge on any atom is -0.545 e. The predicted octanol–water partition coefficient (Wildman–Crippen LogP) is -6.43. The van der Waals surface area contributed by atoms with Crippen molar-refractivity contribution in [2.75, 3.05) is 0 Å². The monoisotopic (exact) mass is 260 g/mol. The van der Waals surface area contributed by atoms with Crippen molar-refractivity contribution in [1.82, 2.24) is 0 Å². The van der Waals surface area contributed by atoms with Crippen LogP contribution >= 0.6 is 0 Å². The number of carbonyl (C=O) groups excluding carboxylic acids is 2. The SMILES string of the molecule is O=C([O-])c1cccc2c(C(=O)[O-])cccc12.[Na+].[Na+]. The van der Waals surface area contributed by atoms with Crippen LogP contribution in [-0.2, 0) is 0 Å². The Balaban J connectivity index is 0.00000144. The fourth-order valence-electron chi connectivity index (χ4n) is 1.67. The van der Waals surface area contributed by atoms with Gasteiger partial charge in [-0.05, 0) is 10.8 Å². The number of carboxylic acids is 2. The molecule has 4 nitrogen and oxygen atoms in total. The summed E-state index contributed by atoms with van der Waals surface area (Å²) in [5.41, 5.74) is -0.0544. The van der Waals surface area contributed by atoms with Crippen LogP contribution < -0.4 is 69.3 Å². The zero-order valence-electron chi connectivity index (χ0n) is 10.1. The molecule has 0 unspecified atom stereocenters. The van der Waals surface area contributed by atoms with Gasteiger partial charge in [0.05, 0.1) is 11.9 Å². The van der Waals surface area contributed by atoms with Gasteiger partial charge in [-0.3, -0.25) is 0 Å². The number of carbonyl (C=O) groups is 2.